The lowest BCUT2D eigenvalue weighted by Crippen LogP contribution is -2.38. The second kappa shape index (κ2) is 7.11. The highest BCUT2D eigenvalue weighted by Gasteiger charge is 2.38. The first-order valence-corrected chi connectivity index (χ1v) is 10.0. The standard InChI is InChI=1S/C22H23ClFN3O2/c1-21(9-6-10-21)27-18-11-15(23)16(24)12-17(18)25-20(27)26-19(28)13-22(2,29)14-7-4-3-5-8-14/h3-5,7-8,11-12,29H,6,9-10,13H2,1-2H3,(H,25,26,28)/t22-/m0/s1. The molecule has 1 atom stereocenters. The van der Waals surface area contributed by atoms with E-state index in [1.165, 1.54) is 6.07 Å². The summed E-state index contributed by atoms with van der Waals surface area (Å²) in [4.78, 5) is 17.2. The van der Waals surface area contributed by atoms with Crippen LogP contribution in [0.5, 0.6) is 0 Å². The molecule has 2 N–H and O–H groups in total. The van der Waals surface area contributed by atoms with Gasteiger partial charge in [-0.3, -0.25) is 10.1 Å². The fourth-order valence-corrected chi connectivity index (χ4v) is 4.15. The van der Waals surface area contributed by atoms with E-state index in [1.54, 1.807) is 25.1 Å². The van der Waals surface area contributed by atoms with Crippen LogP contribution in [0.4, 0.5) is 10.3 Å². The summed E-state index contributed by atoms with van der Waals surface area (Å²) in [6, 6.07) is 11.9. The molecule has 1 aliphatic rings. The molecule has 4 rings (SSSR count). The number of nitrogens with zero attached hydrogens (tertiary/aromatic N) is 2. The summed E-state index contributed by atoms with van der Waals surface area (Å²) >= 11 is 6.00. The zero-order chi connectivity index (χ0) is 20.8. The van der Waals surface area contributed by atoms with E-state index < -0.39 is 11.4 Å². The Labute approximate surface area is 173 Å². The normalized spacial score (nSPS) is 17.6. The average Bonchev–Trinajstić information content (AvgIpc) is 2.97. The molecule has 0 unspecified atom stereocenters. The van der Waals surface area contributed by atoms with E-state index in [2.05, 4.69) is 17.2 Å². The minimum Gasteiger partial charge on any atom is -0.385 e. The van der Waals surface area contributed by atoms with Gasteiger partial charge in [0.1, 0.15) is 5.82 Å². The molecule has 1 amide bonds. The lowest BCUT2D eigenvalue weighted by Gasteiger charge is -2.41. The number of aromatic nitrogens is 2. The van der Waals surface area contributed by atoms with Crippen LogP contribution in [0.15, 0.2) is 42.5 Å². The van der Waals surface area contributed by atoms with Crippen molar-refractivity contribution >= 4 is 34.5 Å². The van der Waals surface area contributed by atoms with E-state index in [-0.39, 0.29) is 22.9 Å². The number of carbonyl (C=O) groups is 1. The minimum absolute atomic E-state index is 0.0199. The van der Waals surface area contributed by atoms with Crippen LogP contribution in [0.2, 0.25) is 5.02 Å². The second-order valence-corrected chi connectivity index (χ2v) is 8.65. The van der Waals surface area contributed by atoms with Gasteiger partial charge in [-0.1, -0.05) is 41.9 Å². The molecular formula is C22H23ClFN3O2. The summed E-state index contributed by atoms with van der Waals surface area (Å²) in [6.45, 7) is 3.69. The lowest BCUT2D eigenvalue weighted by atomic mass is 9.78. The number of fused-ring (bicyclic) bond motifs is 1. The summed E-state index contributed by atoms with van der Waals surface area (Å²) in [6.07, 6.45) is 2.80. The van der Waals surface area contributed by atoms with Crippen LogP contribution in [0, 0.1) is 5.82 Å². The van der Waals surface area contributed by atoms with Crippen molar-refractivity contribution in [2.75, 3.05) is 5.32 Å². The van der Waals surface area contributed by atoms with Gasteiger partial charge in [0.2, 0.25) is 11.9 Å². The van der Waals surface area contributed by atoms with Crippen molar-refractivity contribution < 1.29 is 14.3 Å². The summed E-state index contributed by atoms with van der Waals surface area (Å²) < 4.78 is 15.9. The van der Waals surface area contributed by atoms with Gasteiger partial charge in [0.15, 0.2) is 0 Å². The van der Waals surface area contributed by atoms with E-state index in [1.807, 2.05) is 22.8 Å². The average molecular weight is 416 g/mol. The van der Waals surface area contributed by atoms with Crippen molar-refractivity contribution in [1.82, 2.24) is 9.55 Å². The fourth-order valence-electron chi connectivity index (χ4n) is 4.00. The molecule has 1 saturated carbocycles. The number of carbonyl (C=O) groups excluding carboxylic acids is 1. The van der Waals surface area contributed by atoms with Crippen LogP contribution in [-0.2, 0) is 15.9 Å². The van der Waals surface area contributed by atoms with Crippen LogP contribution in [0.25, 0.3) is 11.0 Å². The molecule has 1 fully saturated rings. The summed E-state index contributed by atoms with van der Waals surface area (Å²) in [7, 11) is 0. The van der Waals surface area contributed by atoms with E-state index in [9.17, 15) is 14.3 Å². The van der Waals surface area contributed by atoms with Crippen LogP contribution in [0.3, 0.4) is 0 Å². The number of benzene rings is 2. The molecule has 0 spiro atoms. The Hall–Kier alpha value is -2.44. The van der Waals surface area contributed by atoms with Crippen molar-refractivity contribution in [3.8, 4) is 0 Å². The summed E-state index contributed by atoms with van der Waals surface area (Å²) in [5.41, 5.74) is 0.232. The Morgan fingerprint density at radius 1 is 1.34 bits per heavy atom. The maximum absolute atomic E-state index is 14.0. The molecule has 152 valence electrons. The van der Waals surface area contributed by atoms with Crippen LogP contribution >= 0.6 is 11.6 Å². The predicted octanol–water partition coefficient (Wildman–Crippen LogP) is 4.96. The number of hydrogen-bond acceptors (Lipinski definition) is 3. The Bertz CT molecular complexity index is 1070. The first-order chi connectivity index (χ1) is 13.7. The number of aliphatic hydroxyl groups is 1. The van der Waals surface area contributed by atoms with E-state index in [4.69, 9.17) is 11.6 Å². The minimum atomic E-state index is -1.32. The number of anilines is 1. The molecule has 7 heteroatoms. The summed E-state index contributed by atoms with van der Waals surface area (Å²) in [5.74, 6) is -0.574. The monoisotopic (exact) mass is 415 g/mol. The molecule has 1 aromatic heterocycles. The fraction of sp³-hybridized carbons (Fsp3) is 0.364. The molecule has 3 aromatic rings. The third-order valence-corrected chi connectivity index (χ3v) is 6.11. The highest BCUT2D eigenvalue weighted by molar-refractivity contribution is 6.31. The van der Waals surface area contributed by atoms with Crippen LogP contribution in [0.1, 0.15) is 45.1 Å². The second-order valence-electron chi connectivity index (χ2n) is 8.24. The van der Waals surface area contributed by atoms with E-state index >= 15 is 0 Å². The topological polar surface area (TPSA) is 67.2 Å². The van der Waals surface area contributed by atoms with Crippen LogP contribution < -0.4 is 5.32 Å². The van der Waals surface area contributed by atoms with Crippen LogP contribution in [-0.4, -0.2) is 20.6 Å². The van der Waals surface area contributed by atoms with Gasteiger partial charge in [0, 0.05) is 11.6 Å². The zero-order valence-corrected chi connectivity index (χ0v) is 17.1. The van der Waals surface area contributed by atoms with Crippen molar-refractivity contribution in [3.63, 3.8) is 0 Å². The van der Waals surface area contributed by atoms with E-state index in [0.717, 1.165) is 19.3 Å². The first kappa shape index (κ1) is 19.9. The number of imidazole rings is 1. The van der Waals surface area contributed by atoms with Crippen molar-refractivity contribution in [3.05, 3.63) is 58.9 Å². The highest BCUT2D eigenvalue weighted by atomic mass is 35.5. The quantitative estimate of drug-likeness (QED) is 0.618. The van der Waals surface area contributed by atoms with Gasteiger partial charge in [-0.2, -0.15) is 0 Å². The maximum Gasteiger partial charge on any atom is 0.229 e. The van der Waals surface area contributed by atoms with Gasteiger partial charge in [-0.05, 0) is 44.7 Å². The Morgan fingerprint density at radius 2 is 2.03 bits per heavy atom. The number of nitrogens with one attached hydrogen (secondary N) is 1. The number of rotatable bonds is 5. The molecule has 0 bridgehead atoms. The van der Waals surface area contributed by atoms with Gasteiger partial charge in [-0.15, -0.1) is 0 Å². The third-order valence-electron chi connectivity index (χ3n) is 5.82. The highest BCUT2D eigenvalue weighted by Crippen LogP contribution is 2.43. The van der Waals surface area contributed by atoms with Crippen molar-refractivity contribution in [2.24, 2.45) is 0 Å². The molecule has 0 radical (unpaired) electrons. The molecule has 29 heavy (non-hydrogen) atoms. The number of amides is 1. The third kappa shape index (κ3) is 3.63. The number of halogens is 2. The maximum atomic E-state index is 14.0. The van der Waals surface area contributed by atoms with Crippen molar-refractivity contribution in [1.29, 1.82) is 0 Å². The zero-order valence-electron chi connectivity index (χ0n) is 16.4. The van der Waals surface area contributed by atoms with Crippen molar-refractivity contribution in [2.45, 2.75) is 50.7 Å². The molecule has 1 heterocycles. The smallest absolute Gasteiger partial charge is 0.229 e. The number of hydrogen-bond donors (Lipinski definition) is 2. The SMILES string of the molecule is CC1(n2c(NC(=O)C[C@](C)(O)c3ccccc3)nc3cc(F)c(Cl)cc32)CCC1. The Kier molecular flexibility index (Phi) is 4.87. The van der Waals surface area contributed by atoms with E-state index in [0.29, 0.717) is 22.5 Å². The predicted molar refractivity (Wildman–Crippen MR) is 111 cm³/mol. The first-order valence-electron chi connectivity index (χ1n) is 9.65. The lowest BCUT2D eigenvalue weighted by molar-refractivity contribution is -0.120. The molecule has 0 aliphatic heterocycles. The van der Waals surface area contributed by atoms with Gasteiger partial charge in [0.05, 0.1) is 28.1 Å². The largest absolute Gasteiger partial charge is 0.385 e. The molecule has 1 aliphatic carbocycles. The van der Waals surface area contributed by atoms with Gasteiger partial charge in [-0.25, -0.2) is 9.37 Å². The van der Waals surface area contributed by atoms with Gasteiger partial charge in [0.25, 0.3) is 0 Å². The molecule has 0 saturated heterocycles. The molecule has 2 aromatic carbocycles. The Balaban J connectivity index is 1.67. The Morgan fingerprint density at radius 3 is 2.66 bits per heavy atom. The van der Waals surface area contributed by atoms with Gasteiger partial charge < -0.3 is 9.67 Å². The summed E-state index contributed by atoms with van der Waals surface area (Å²) in [5, 5.41) is 13.6. The molecular weight excluding hydrogens is 393 g/mol. The van der Waals surface area contributed by atoms with Gasteiger partial charge >= 0.3 is 0 Å². The molecule has 5 nitrogen and oxygen atoms in total.